The van der Waals surface area contributed by atoms with Gasteiger partial charge in [0.05, 0.1) is 23.7 Å². The van der Waals surface area contributed by atoms with Crippen LogP contribution in [0.25, 0.3) is 0 Å². The predicted octanol–water partition coefficient (Wildman–Crippen LogP) is -1.85. The summed E-state index contributed by atoms with van der Waals surface area (Å²) in [5.41, 5.74) is 0. The number of nitrogens with zero attached hydrogens (tertiary/aromatic N) is 2. The van der Waals surface area contributed by atoms with Gasteiger partial charge in [-0.25, -0.2) is 0 Å². The number of allylic oxidation sites excluding steroid dienone is 2. The Bertz CT molecular complexity index is 676. The number of rotatable bonds is 2. The van der Waals surface area contributed by atoms with E-state index in [1.807, 2.05) is 12.2 Å². The minimum absolute atomic E-state index is 0.144. The van der Waals surface area contributed by atoms with Crippen molar-refractivity contribution in [2.75, 3.05) is 13.5 Å². The van der Waals surface area contributed by atoms with Crippen molar-refractivity contribution in [1.82, 2.24) is 9.80 Å². The summed E-state index contributed by atoms with van der Waals surface area (Å²) in [4.78, 5) is 51.6. The maximum atomic E-state index is 12.5. The molecule has 2 aliphatic heterocycles. The van der Waals surface area contributed by atoms with Crippen LogP contribution < -0.4 is 0 Å². The molecular weight excluding hydrogens is 316 g/mol. The van der Waals surface area contributed by atoms with Gasteiger partial charge in [0.2, 0.25) is 23.6 Å². The normalized spacial score (nSPS) is 47.9. The van der Waals surface area contributed by atoms with E-state index in [1.165, 1.54) is 0 Å². The zero-order valence-corrected chi connectivity index (χ0v) is 12.6. The van der Waals surface area contributed by atoms with Crippen molar-refractivity contribution >= 4 is 23.6 Å². The zero-order valence-electron chi connectivity index (χ0n) is 12.6. The number of fused-ring (bicyclic) bond motifs is 1. The average Bonchev–Trinajstić information content (AvgIpc) is 2.91. The van der Waals surface area contributed by atoms with E-state index in [4.69, 9.17) is 0 Å². The lowest BCUT2D eigenvalue weighted by molar-refractivity contribution is -0.166. The molecule has 2 N–H and O–H groups in total. The highest BCUT2D eigenvalue weighted by Gasteiger charge is 2.74. The minimum Gasteiger partial charge on any atom is -0.376 e. The van der Waals surface area contributed by atoms with Gasteiger partial charge < -0.3 is 10.2 Å². The van der Waals surface area contributed by atoms with Gasteiger partial charge in [0.15, 0.2) is 0 Å². The molecule has 126 valence electrons. The van der Waals surface area contributed by atoms with E-state index >= 15 is 0 Å². The fourth-order valence-electron chi connectivity index (χ4n) is 6.00. The first-order valence-corrected chi connectivity index (χ1v) is 8.13. The molecule has 0 aromatic heterocycles. The van der Waals surface area contributed by atoms with E-state index in [0.717, 1.165) is 9.80 Å². The summed E-state index contributed by atoms with van der Waals surface area (Å²) in [7, 11) is 0. The van der Waals surface area contributed by atoms with Crippen LogP contribution in [0.5, 0.6) is 0 Å². The van der Waals surface area contributed by atoms with E-state index in [2.05, 4.69) is 0 Å². The number of hydrogen-bond donors (Lipinski definition) is 2. The number of carbonyl (C=O) groups excluding carboxylic acids is 4. The average molecular weight is 332 g/mol. The van der Waals surface area contributed by atoms with E-state index in [1.54, 1.807) is 0 Å². The first-order chi connectivity index (χ1) is 11.5. The molecule has 6 aliphatic rings. The second-order valence-electron chi connectivity index (χ2n) is 7.29. The molecule has 2 heterocycles. The van der Waals surface area contributed by atoms with Crippen molar-refractivity contribution in [3.63, 3.8) is 0 Å². The molecule has 4 amide bonds. The Kier molecular flexibility index (Phi) is 2.57. The maximum absolute atomic E-state index is 12.5. The Hall–Kier alpha value is -2.06. The highest BCUT2D eigenvalue weighted by atomic mass is 16.3. The smallest absolute Gasteiger partial charge is 0.235 e. The van der Waals surface area contributed by atoms with Gasteiger partial charge in [-0.05, 0) is 23.7 Å². The molecule has 4 aliphatic carbocycles. The Morgan fingerprint density at radius 2 is 1.00 bits per heavy atom. The van der Waals surface area contributed by atoms with E-state index in [9.17, 15) is 29.4 Å². The molecule has 0 spiro atoms. The van der Waals surface area contributed by atoms with Crippen LogP contribution in [0, 0.1) is 47.3 Å². The number of aliphatic hydroxyl groups excluding tert-OH is 2. The summed E-state index contributed by atoms with van der Waals surface area (Å²) in [5.74, 6) is -4.44. The van der Waals surface area contributed by atoms with Gasteiger partial charge in [-0.2, -0.15) is 0 Å². The summed E-state index contributed by atoms with van der Waals surface area (Å²) < 4.78 is 0. The lowest BCUT2D eigenvalue weighted by Gasteiger charge is -2.60. The van der Waals surface area contributed by atoms with Gasteiger partial charge in [-0.3, -0.25) is 29.0 Å². The lowest BCUT2D eigenvalue weighted by atomic mass is 9.40. The van der Waals surface area contributed by atoms with Crippen LogP contribution in [0.2, 0.25) is 0 Å². The molecule has 8 nitrogen and oxygen atoms in total. The molecule has 2 saturated heterocycles. The van der Waals surface area contributed by atoms with Crippen molar-refractivity contribution in [3.8, 4) is 0 Å². The zero-order chi connectivity index (χ0) is 16.9. The van der Waals surface area contributed by atoms with E-state index in [-0.39, 0.29) is 47.3 Å². The van der Waals surface area contributed by atoms with Gasteiger partial charge >= 0.3 is 0 Å². The van der Waals surface area contributed by atoms with Gasteiger partial charge in [0, 0.05) is 0 Å². The third kappa shape index (κ3) is 1.27. The van der Waals surface area contributed by atoms with E-state index < -0.39 is 37.1 Å². The Morgan fingerprint density at radius 3 is 1.33 bits per heavy atom. The topological polar surface area (TPSA) is 115 Å². The summed E-state index contributed by atoms with van der Waals surface area (Å²) in [6, 6.07) is 0. The van der Waals surface area contributed by atoms with Crippen molar-refractivity contribution in [1.29, 1.82) is 0 Å². The Morgan fingerprint density at radius 1 is 0.667 bits per heavy atom. The highest BCUT2D eigenvalue weighted by Crippen LogP contribution is 2.68. The van der Waals surface area contributed by atoms with Crippen LogP contribution in [0.4, 0.5) is 0 Å². The summed E-state index contributed by atoms with van der Waals surface area (Å²) >= 11 is 0. The second kappa shape index (κ2) is 4.31. The Balaban J connectivity index is 1.57. The van der Waals surface area contributed by atoms with E-state index in [0.29, 0.717) is 0 Å². The summed E-state index contributed by atoms with van der Waals surface area (Å²) in [6.45, 7) is -1.27. The third-order valence-electron chi connectivity index (χ3n) is 6.81. The standard InChI is InChI=1S/C16H16N2O6/c19-3-17-13(21)9-5-1-2-6(10(9)14(17)22)8-7(5)11-12(8)16(24)18(4-20)15(11)23/h1-2,5-12,19-20H,3-4H2/t5-,6+,7-,8+,9-,10-,11-,12-/m1/s1. The number of carbonyl (C=O) groups is 4. The highest BCUT2D eigenvalue weighted by molar-refractivity contribution is 6.09. The monoisotopic (exact) mass is 332 g/mol. The van der Waals surface area contributed by atoms with Gasteiger partial charge in [-0.15, -0.1) is 0 Å². The SMILES string of the molecule is O=C1[C@@H]2[C@H]3C=C[C@@H]([C@H]2C(=O)N1CO)[C@H]1[C@H]2C(=O)N(CO)C(=O)[C@@H]2[C@@H]31. The van der Waals surface area contributed by atoms with Crippen molar-refractivity contribution in [2.24, 2.45) is 47.3 Å². The van der Waals surface area contributed by atoms with Crippen LogP contribution >= 0.6 is 0 Å². The van der Waals surface area contributed by atoms with Crippen LogP contribution in [-0.2, 0) is 19.2 Å². The van der Waals surface area contributed by atoms with Crippen LogP contribution in [0.15, 0.2) is 12.2 Å². The van der Waals surface area contributed by atoms with Crippen LogP contribution in [-0.4, -0.2) is 57.1 Å². The number of likely N-dealkylation sites (tertiary alicyclic amines) is 2. The fraction of sp³-hybridized carbons (Fsp3) is 0.625. The molecule has 0 aromatic rings. The molecule has 8 heteroatoms. The molecule has 2 bridgehead atoms. The summed E-state index contributed by atoms with van der Waals surface area (Å²) in [6.07, 6.45) is 3.79. The molecule has 4 fully saturated rings. The number of imide groups is 2. The first-order valence-electron chi connectivity index (χ1n) is 8.13. The van der Waals surface area contributed by atoms with Gasteiger partial charge in [0.1, 0.15) is 13.5 Å². The van der Waals surface area contributed by atoms with Crippen molar-refractivity contribution in [3.05, 3.63) is 12.2 Å². The third-order valence-corrected chi connectivity index (χ3v) is 6.81. The van der Waals surface area contributed by atoms with Crippen LogP contribution in [0.1, 0.15) is 0 Å². The molecule has 6 rings (SSSR count). The van der Waals surface area contributed by atoms with Crippen molar-refractivity contribution < 1.29 is 29.4 Å². The van der Waals surface area contributed by atoms with Gasteiger partial charge in [0.25, 0.3) is 0 Å². The van der Waals surface area contributed by atoms with Crippen LogP contribution in [0.3, 0.4) is 0 Å². The molecule has 0 aromatic carbocycles. The largest absolute Gasteiger partial charge is 0.376 e. The minimum atomic E-state index is -0.636. The predicted molar refractivity (Wildman–Crippen MR) is 74.9 cm³/mol. The molecular formula is C16H16N2O6. The molecule has 0 unspecified atom stereocenters. The first kappa shape index (κ1) is 14.3. The quantitative estimate of drug-likeness (QED) is 0.453. The number of aliphatic hydroxyl groups is 2. The fourth-order valence-corrected chi connectivity index (χ4v) is 6.00. The molecule has 8 atom stereocenters. The van der Waals surface area contributed by atoms with Gasteiger partial charge in [-0.1, -0.05) is 12.2 Å². The second-order valence-corrected chi connectivity index (χ2v) is 7.29. The van der Waals surface area contributed by atoms with Crippen molar-refractivity contribution in [2.45, 2.75) is 0 Å². The number of amides is 4. The lowest BCUT2D eigenvalue weighted by Crippen LogP contribution is -2.63. The Labute approximate surface area is 136 Å². The maximum Gasteiger partial charge on any atom is 0.235 e. The number of hydrogen-bond acceptors (Lipinski definition) is 6. The molecule has 2 saturated carbocycles. The molecule has 24 heavy (non-hydrogen) atoms. The molecule has 0 radical (unpaired) electrons. The summed E-state index contributed by atoms with van der Waals surface area (Å²) in [5, 5.41) is 18.6.